The van der Waals surface area contributed by atoms with Crippen molar-refractivity contribution in [2.24, 2.45) is 0 Å². The van der Waals surface area contributed by atoms with Crippen LogP contribution in [0.15, 0.2) is 81.0 Å². The van der Waals surface area contributed by atoms with Crippen LogP contribution in [0.2, 0.25) is 0 Å². The lowest BCUT2D eigenvalue weighted by Gasteiger charge is -1.95. The van der Waals surface area contributed by atoms with Gasteiger partial charge in [0.05, 0.1) is 11.9 Å². The number of hydrogen-bond acceptors (Lipinski definition) is 5. The van der Waals surface area contributed by atoms with Gasteiger partial charge in [0.2, 0.25) is 0 Å². The van der Waals surface area contributed by atoms with Crippen LogP contribution in [0, 0.1) is 5.82 Å². The first-order valence-electron chi connectivity index (χ1n) is 7.63. The second kappa shape index (κ2) is 6.94. The summed E-state index contributed by atoms with van der Waals surface area (Å²) in [6.07, 6.45) is 1.63. The number of benzene rings is 2. The van der Waals surface area contributed by atoms with E-state index in [-0.39, 0.29) is 5.82 Å². The molecule has 0 saturated heterocycles. The molecular formula is C19H13FN2O2S. The molecule has 0 N–H and O–H groups in total. The average molecular weight is 352 g/mol. The van der Waals surface area contributed by atoms with Gasteiger partial charge in [0, 0.05) is 22.9 Å². The monoisotopic (exact) mass is 352 g/mol. The van der Waals surface area contributed by atoms with Crippen molar-refractivity contribution in [1.82, 2.24) is 10.1 Å². The molecular weight excluding hydrogens is 339 g/mol. The molecule has 0 atom stereocenters. The van der Waals surface area contributed by atoms with Crippen molar-refractivity contribution in [1.29, 1.82) is 0 Å². The minimum Gasteiger partial charge on any atom is -0.431 e. The highest BCUT2D eigenvalue weighted by Gasteiger charge is 2.10. The Balaban J connectivity index is 1.42. The zero-order chi connectivity index (χ0) is 17.1. The molecule has 0 bridgehead atoms. The highest BCUT2D eigenvalue weighted by atomic mass is 32.2. The van der Waals surface area contributed by atoms with Crippen molar-refractivity contribution >= 4 is 11.8 Å². The van der Waals surface area contributed by atoms with Crippen LogP contribution in [0.1, 0.15) is 5.69 Å². The van der Waals surface area contributed by atoms with E-state index < -0.39 is 0 Å². The van der Waals surface area contributed by atoms with Crippen molar-refractivity contribution in [2.75, 3.05) is 0 Å². The Morgan fingerprint density at radius 3 is 2.48 bits per heavy atom. The summed E-state index contributed by atoms with van der Waals surface area (Å²) >= 11 is 1.43. The van der Waals surface area contributed by atoms with Crippen LogP contribution in [0.25, 0.3) is 22.6 Å². The number of rotatable bonds is 5. The molecule has 124 valence electrons. The summed E-state index contributed by atoms with van der Waals surface area (Å²) in [6, 6.07) is 17.8. The van der Waals surface area contributed by atoms with Crippen LogP contribution in [0.3, 0.4) is 0 Å². The van der Waals surface area contributed by atoms with Crippen LogP contribution in [-0.2, 0) is 5.75 Å². The summed E-state index contributed by atoms with van der Waals surface area (Å²) in [5, 5.41) is 4.61. The SMILES string of the molecule is Fc1ccc(-c2cnc(SCc3cc(-c4ccccc4)on3)o2)cc1. The molecule has 2 aromatic carbocycles. The number of nitrogens with zero attached hydrogens (tertiary/aromatic N) is 2. The molecule has 0 fully saturated rings. The molecule has 0 aliphatic heterocycles. The van der Waals surface area contributed by atoms with E-state index in [1.165, 1.54) is 23.9 Å². The highest BCUT2D eigenvalue weighted by molar-refractivity contribution is 7.98. The third kappa shape index (κ3) is 3.64. The highest BCUT2D eigenvalue weighted by Crippen LogP contribution is 2.28. The van der Waals surface area contributed by atoms with Crippen molar-refractivity contribution < 1.29 is 13.3 Å². The minimum absolute atomic E-state index is 0.280. The van der Waals surface area contributed by atoms with E-state index >= 15 is 0 Å². The molecule has 0 aliphatic rings. The molecule has 0 aliphatic carbocycles. The average Bonchev–Trinajstić information content (AvgIpc) is 3.31. The smallest absolute Gasteiger partial charge is 0.256 e. The van der Waals surface area contributed by atoms with Gasteiger partial charge in [-0.15, -0.1) is 0 Å². The van der Waals surface area contributed by atoms with Gasteiger partial charge in [-0.05, 0) is 24.3 Å². The van der Waals surface area contributed by atoms with Gasteiger partial charge in [-0.1, -0.05) is 47.3 Å². The fourth-order valence-corrected chi connectivity index (χ4v) is 3.01. The summed E-state index contributed by atoms with van der Waals surface area (Å²) in [4.78, 5) is 4.24. The summed E-state index contributed by atoms with van der Waals surface area (Å²) < 4.78 is 24.0. The number of halogens is 1. The van der Waals surface area contributed by atoms with Gasteiger partial charge >= 0.3 is 0 Å². The predicted molar refractivity (Wildman–Crippen MR) is 93.4 cm³/mol. The van der Waals surface area contributed by atoms with Crippen molar-refractivity contribution in [2.45, 2.75) is 11.0 Å². The van der Waals surface area contributed by atoms with E-state index in [1.807, 2.05) is 36.4 Å². The van der Waals surface area contributed by atoms with Crippen LogP contribution >= 0.6 is 11.8 Å². The molecule has 0 unspecified atom stereocenters. The van der Waals surface area contributed by atoms with Gasteiger partial charge in [-0.25, -0.2) is 9.37 Å². The van der Waals surface area contributed by atoms with Gasteiger partial charge in [0.1, 0.15) is 5.82 Å². The molecule has 4 nitrogen and oxygen atoms in total. The Labute approximate surface area is 147 Å². The Bertz CT molecular complexity index is 965. The first kappa shape index (κ1) is 15.7. The van der Waals surface area contributed by atoms with Crippen molar-refractivity contribution in [3.8, 4) is 22.6 Å². The lowest BCUT2D eigenvalue weighted by atomic mass is 10.2. The number of oxazole rings is 1. The molecule has 0 spiro atoms. The maximum Gasteiger partial charge on any atom is 0.256 e. The number of hydrogen-bond donors (Lipinski definition) is 0. The zero-order valence-corrected chi connectivity index (χ0v) is 13.9. The normalized spacial score (nSPS) is 10.9. The minimum atomic E-state index is -0.280. The van der Waals surface area contributed by atoms with Gasteiger partial charge in [-0.3, -0.25) is 0 Å². The molecule has 0 saturated carbocycles. The second-order valence-corrected chi connectivity index (χ2v) is 6.26. The molecule has 25 heavy (non-hydrogen) atoms. The maximum atomic E-state index is 13.0. The summed E-state index contributed by atoms with van der Waals surface area (Å²) in [5.74, 6) is 1.64. The van der Waals surface area contributed by atoms with E-state index in [1.54, 1.807) is 18.3 Å². The van der Waals surface area contributed by atoms with Gasteiger partial charge in [0.15, 0.2) is 11.5 Å². The number of thioether (sulfide) groups is 1. The van der Waals surface area contributed by atoms with E-state index in [0.717, 1.165) is 22.6 Å². The topological polar surface area (TPSA) is 52.1 Å². The van der Waals surface area contributed by atoms with E-state index in [2.05, 4.69) is 10.1 Å². The van der Waals surface area contributed by atoms with Crippen molar-refractivity contribution in [3.05, 3.63) is 78.4 Å². The Hall–Kier alpha value is -2.86. The predicted octanol–water partition coefficient (Wildman–Crippen LogP) is 5.43. The van der Waals surface area contributed by atoms with E-state index in [9.17, 15) is 4.39 Å². The molecule has 4 aromatic rings. The fourth-order valence-electron chi connectivity index (χ4n) is 2.33. The van der Waals surface area contributed by atoms with E-state index in [0.29, 0.717) is 16.7 Å². The Kier molecular flexibility index (Phi) is 4.35. The first-order chi connectivity index (χ1) is 12.3. The molecule has 0 radical (unpaired) electrons. The van der Waals surface area contributed by atoms with Crippen LogP contribution < -0.4 is 0 Å². The molecule has 2 aromatic heterocycles. The molecule has 4 rings (SSSR count). The first-order valence-corrected chi connectivity index (χ1v) is 8.62. The van der Waals surface area contributed by atoms with Crippen molar-refractivity contribution in [3.63, 3.8) is 0 Å². The zero-order valence-electron chi connectivity index (χ0n) is 13.1. The molecule has 6 heteroatoms. The van der Waals surface area contributed by atoms with Crippen LogP contribution in [0.5, 0.6) is 0 Å². The standard InChI is InChI=1S/C19H13FN2O2S/c20-15-8-6-14(7-9-15)18-11-21-19(23-18)25-12-16-10-17(24-22-16)13-4-2-1-3-5-13/h1-11H,12H2. The Morgan fingerprint density at radius 2 is 1.68 bits per heavy atom. The summed E-state index contributed by atoms with van der Waals surface area (Å²) in [6.45, 7) is 0. The lowest BCUT2D eigenvalue weighted by molar-refractivity contribution is 0.426. The second-order valence-electron chi connectivity index (χ2n) is 5.33. The largest absolute Gasteiger partial charge is 0.431 e. The summed E-state index contributed by atoms with van der Waals surface area (Å²) in [7, 11) is 0. The Morgan fingerprint density at radius 1 is 0.920 bits per heavy atom. The van der Waals surface area contributed by atoms with Crippen LogP contribution in [-0.4, -0.2) is 10.1 Å². The van der Waals surface area contributed by atoms with Gasteiger partial charge in [-0.2, -0.15) is 0 Å². The third-order valence-electron chi connectivity index (χ3n) is 3.57. The lowest BCUT2D eigenvalue weighted by Crippen LogP contribution is -1.79. The molecule has 2 heterocycles. The summed E-state index contributed by atoms with van der Waals surface area (Å²) in [5.41, 5.74) is 2.58. The fraction of sp³-hybridized carbons (Fsp3) is 0.0526. The number of aromatic nitrogens is 2. The van der Waals surface area contributed by atoms with Crippen LogP contribution in [0.4, 0.5) is 4.39 Å². The van der Waals surface area contributed by atoms with Gasteiger partial charge in [0.25, 0.3) is 5.22 Å². The maximum absolute atomic E-state index is 13.0. The molecule has 0 amide bonds. The quantitative estimate of drug-likeness (QED) is 0.448. The van der Waals surface area contributed by atoms with E-state index in [4.69, 9.17) is 8.94 Å². The van der Waals surface area contributed by atoms with Gasteiger partial charge < -0.3 is 8.94 Å². The third-order valence-corrected chi connectivity index (χ3v) is 4.45.